The third-order valence-corrected chi connectivity index (χ3v) is 3.82. The predicted octanol–water partition coefficient (Wildman–Crippen LogP) is 3.01. The van der Waals surface area contributed by atoms with Crippen molar-refractivity contribution in [3.05, 3.63) is 28.7 Å². The molecule has 1 aromatic carbocycles. The van der Waals surface area contributed by atoms with Gasteiger partial charge < -0.3 is 9.47 Å². The average Bonchev–Trinajstić information content (AvgIpc) is 2.98. The zero-order chi connectivity index (χ0) is 10.3. The van der Waals surface area contributed by atoms with Gasteiger partial charge in [0, 0.05) is 5.92 Å². The number of hydrogen-bond acceptors (Lipinski definition) is 2. The lowest BCUT2D eigenvalue weighted by atomic mass is 9.95. The van der Waals surface area contributed by atoms with Crippen LogP contribution in [0, 0.1) is 5.92 Å². The molecule has 2 aliphatic rings. The molecule has 1 aromatic rings. The highest BCUT2D eigenvalue weighted by molar-refractivity contribution is 9.10. The van der Waals surface area contributed by atoms with Crippen LogP contribution in [0.4, 0.5) is 0 Å². The highest BCUT2D eigenvalue weighted by Gasteiger charge is 2.53. The minimum Gasteiger partial charge on any atom is -0.481 e. The molecule has 3 heteroatoms. The molecular weight excluding hydrogens is 256 g/mol. The van der Waals surface area contributed by atoms with Gasteiger partial charge in [0.1, 0.15) is 5.75 Å². The fourth-order valence-corrected chi connectivity index (χ4v) is 2.40. The second kappa shape index (κ2) is 3.49. The summed E-state index contributed by atoms with van der Waals surface area (Å²) in [6.45, 7) is 1.50. The van der Waals surface area contributed by atoms with E-state index in [9.17, 15) is 0 Å². The van der Waals surface area contributed by atoms with Gasteiger partial charge in [0.25, 0.3) is 0 Å². The smallest absolute Gasteiger partial charge is 0.158 e. The first-order valence-corrected chi connectivity index (χ1v) is 6.11. The van der Waals surface area contributed by atoms with E-state index in [1.54, 1.807) is 0 Å². The monoisotopic (exact) mass is 268 g/mol. The van der Waals surface area contributed by atoms with Crippen LogP contribution in [-0.4, -0.2) is 18.8 Å². The van der Waals surface area contributed by atoms with Gasteiger partial charge in [-0.15, -0.1) is 0 Å². The van der Waals surface area contributed by atoms with Crippen LogP contribution >= 0.6 is 15.9 Å². The average molecular weight is 269 g/mol. The summed E-state index contributed by atoms with van der Waals surface area (Å²) in [6.07, 6.45) is 2.57. The predicted molar refractivity (Wildman–Crippen MR) is 61.0 cm³/mol. The van der Waals surface area contributed by atoms with Crippen molar-refractivity contribution in [1.82, 2.24) is 0 Å². The van der Waals surface area contributed by atoms with Gasteiger partial charge in [0.05, 0.1) is 17.7 Å². The number of halogens is 1. The van der Waals surface area contributed by atoms with Crippen molar-refractivity contribution in [3.8, 4) is 5.75 Å². The first-order chi connectivity index (χ1) is 7.30. The molecule has 2 fully saturated rings. The van der Waals surface area contributed by atoms with Gasteiger partial charge in [0.15, 0.2) is 5.60 Å². The van der Waals surface area contributed by atoms with Crippen LogP contribution in [0.2, 0.25) is 0 Å². The van der Waals surface area contributed by atoms with Gasteiger partial charge in [-0.25, -0.2) is 0 Å². The van der Waals surface area contributed by atoms with Crippen molar-refractivity contribution >= 4 is 15.9 Å². The van der Waals surface area contributed by atoms with Crippen LogP contribution in [0.15, 0.2) is 28.7 Å². The summed E-state index contributed by atoms with van der Waals surface area (Å²) in [4.78, 5) is 0. The Morgan fingerprint density at radius 3 is 2.53 bits per heavy atom. The standard InChI is InChI=1S/C12H13BrO2/c13-10-3-1-2-4-11(10)15-12(7-14-8-12)9-5-6-9/h1-4,9H,5-8H2. The molecule has 0 atom stereocenters. The zero-order valence-corrected chi connectivity index (χ0v) is 10.00. The van der Waals surface area contributed by atoms with Crippen molar-refractivity contribution in [3.63, 3.8) is 0 Å². The number of benzene rings is 1. The van der Waals surface area contributed by atoms with Crippen LogP contribution < -0.4 is 4.74 Å². The summed E-state index contributed by atoms with van der Waals surface area (Å²) in [5.41, 5.74) is -0.0239. The van der Waals surface area contributed by atoms with Gasteiger partial charge >= 0.3 is 0 Å². The van der Waals surface area contributed by atoms with Crippen LogP contribution in [0.1, 0.15) is 12.8 Å². The molecule has 1 saturated heterocycles. The molecule has 15 heavy (non-hydrogen) atoms. The summed E-state index contributed by atoms with van der Waals surface area (Å²) >= 11 is 3.51. The third-order valence-electron chi connectivity index (χ3n) is 3.16. The Kier molecular flexibility index (Phi) is 2.25. The molecule has 0 radical (unpaired) electrons. The summed E-state index contributed by atoms with van der Waals surface area (Å²) in [7, 11) is 0. The summed E-state index contributed by atoms with van der Waals surface area (Å²) in [5.74, 6) is 1.64. The molecular formula is C12H13BrO2. The number of ether oxygens (including phenoxy) is 2. The minimum absolute atomic E-state index is 0.0239. The maximum atomic E-state index is 6.12. The molecule has 1 saturated carbocycles. The second-order valence-corrected chi connectivity index (χ2v) is 5.22. The molecule has 2 nitrogen and oxygen atoms in total. The fraction of sp³-hybridized carbons (Fsp3) is 0.500. The molecule has 0 N–H and O–H groups in total. The fourth-order valence-electron chi connectivity index (χ4n) is 2.04. The molecule has 0 unspecified atom stereocenters. The van der Waals surface area contributed by atoms with E-state index >= 15 is 0 Å². The maximum absolute atomic E-state index is 6.12. The van der Waals surface area contributed by atoms with Crippen LogP contribution in [0.25, 0.3) is 0 Å². The highest BCUT2D eigenvalue weighted by atomic mass is 79.9. The normalized spacial score (nSPS) is 23.3. The highest BCUT2D eigenvalue weighted by Crippen LogP contribution is 2.46. The largest absolute Gasteiger partial charge is 0.481 e. The lowest BCUT2D eigenvalue weighted by Crippen LogP contribution is -2.56. The van der Waals surface area contributed by atoms with Gasteiger partial charge in [-0.3, -0.25) is 0 Å². The Labute approximate surface area is 97.7 Å². The summed E-state index contributed by atoms with van der Waals surface area (Å²) in [5, 5.41) is 0. The molecule has 1 heterocycles. The van der Waals surface area contributed by atoms with E-state index in [1.165, 1.54) is 12.8 Å². The number of rotatable bonds is 3. The molecule has 0 aromatic heterocycles. The lowest BCUT2D eigenvalue weighted by Gasteiger charge is -2.42. The molecule has 0 amide bonds. The van der Waals surface area contributed by atoms with Gasteiger partial charge in [-0.1, -0.05) is 12.1 Å². The first kappa shape index (κ1) is 9.67. The van der Waals surface area contributed by atoms with Crippen molar-refractivity contribution in [2.45, 2.75) is 18.4 Å². The van der Waals surface area contributed by atoms with E-state index in [-0.39, 0.29) is 5.60 Å². The molecule has 1 aliphatic heterocycles. The molecule has 0 spiro atoms. The van der Waals surface area contributed by atoms with Crippen LogP contribution in [-0.2, 0) is 4.74 Å². The Morgan fingerprint density at radius 1 is 1.27 bits per heavy atom. The molecule has 1 aliphatic carbocycles. The molecule has 0 bridgehead atoms. The third kappa shape index (κ3) is 1.68. The first-order valence-electron chi connectivity index (χ1n) is 5.31. The Bertz CT molecular complexity index is 370. The Morgan fingerprint density at radius 2 is 2.00 bits per heavy atom. The summed E-state index contributed by atoms with van der Waals surface area (Å²) < 4.78 is 12.5. The maximum Gasteiger partial charge on any atom is 0.158 e. The SMILES string of the molecule is Brc1ccccc1OC1(C2CC2)COC1. The van der Waals surface area contributed by atoms with E-state index in [0.717, 1.165) is 23.4 Å². The van der Waals surface area contributed by atoms with Gasteiger partial charge in [-0.2, -0.15) is 0 Å². The zero-order valence-electron chi connectivity index (χ0n) is 8.41. The van der Waals surface area contributed by atoms with E-state index < -0.39 is 0 Å². The Hall–Kier alpha value is -0.540. The lowest BCUT2D eigenvalue weighted by molar-refractivity contribution is -0.173. The van der Waals surface area contributed by atoms with Crippen LogP contribution in [0.5, 0.6) is 5.75 Å². The number of para-hydroxylation sites is 1. The number of hydrogen-bond donors (Lipinski definition) is 0. The van der Waals surface area contributed by atoms with Gasteiger partial charge in [-0.05, 0) is 40.9 Å². The van der Waals surface area contributed by atoms with Crippen molar-refractivity contribution < 1.29 is 9.47 Å². The van der Waals surface area contributed by atoms with Gasteiger partial charge in [0.2, 0.25) is 0 Å². The van der Waals surface area contributed by atoms with Crippen molar-refractivity contribution in [2.24, 2.45) is 5.92 Å². The van der Waals surface area contributed by atoms with E-state index in [0.29, 0.717) is 5.92 Å². The topological polar surface area (TPSA) is 18.5 Å². The summed E-state index contributed by atoms with van der Waals surface area (Å²) in [6, 6.07) is 8.01. The Balaban J connectivity index is 1.81. The quantitative estimate of drug-likeness (QED) is 0.839. The van der Waals surface area contributed by atoms with E-state index in [2.05, 4.69) is 15.9 Å². The van der Waals surface area contributed by atoms with E-state index in [1.807, 2.05) is 24.3 Å². The van der Waals surface area contributed by atoms with Crippen LogP contribution in [0.3, 0.4) is 0 Å². The molecule has 80 valence electrons. The minimum atomic E-state index is -0.0239. The van der Waals surface area contributed by atoms with E-state index in [4.69, 9.17) is 9.47 Å². The molecule has 3 rings (SSSR count). The van der Waals surface area contributed by atoms with Crippen molar-refractivity contribution in [2.75, 3.05) is 13.2 Å². The second-order valence-electron chi connectivity index (χ2n) is 4.36. The van der Waals surface area contributed by atoms with Crippen molar-refractivity contribution in [1.29, 1.82) is 0 Å².